The molecule has 108 valence electrons. The fourth-order valence-corrected chi connectivity index (χ4v) is 1.47. The van der Waals surface area contributed by atoms with Crippen molar-refractivity contribution >= 4 is 23.5 Å². The maximum Gasteiger partial charge on any atom is 0.307 e. The Labute approximate surface area is 116 Å². The standard InChI is InChI=1S/C13H17N3O4/c1-20-12(18)6-7-15-13(19)9-4-2-3-5-10(9)16-11(17)8-14/h2-5H,6-8,14H2,1H3,(H,15,19)(H,16,17). The second-order valence-electron chi connectivity index (χ2n) is 3.88. The van der Waals surface area contributed by atoms with Gasteiger partial charge in [-0.1, -0.05) is 12.1 Å². The van der Waals surface area contributed by atoms with Crippen LogP contribution in [0.5, 0.6) is 0 Å². The van der Waals surface area contributed by atoms with Crippen molar-refractivity contribution in [1.29, 1.82) is 0 Å². The Bertz CT molecular complexity index is 502. The molecule has 0 aliphatic rings. The number of carbonyl (C=O) groups is 3. The van der Waals surface area contributed by atoms with Crippen LogP contribution in [-0.4, -0.2) is 38.0 Å². The molecule has 0 atom stereocenters. The molecular weight excluding hydrogens is 262 g/mol. The number of anilines is 1. The lowest BCUT2D eigenvalue weighted by atomic mass is 10.1. The number of hydrogen-bond acceptors (Lipinski definition) is 5. The average molecular weight is 279 g/mol. The molecule has 4 N–H and O–H groups in total. The van der Waals surface area contributed by atoms with Crippen molar-refractivity contribution in [2.45, 2.75) is 6.42 Å². The van der Waals surface area contributed by atoms with Crippen molar-refractivity contribution in [2.24, 2.45) is 5.73 Å². The number of carbonyl (C=O) groups excluding carboxylic acids is 3. The van der Waals surface area contributed by atoms with E-state index >= 15 is 0 Å². The molecule has 0 radical (unpaired) electrons. The lowest BCUT2D eigenvalue weighted by Gasteiger charge is -2.10. The zero-order valence-corrected chi connectivity index (χ0v) is 11.1. The number of methoxy groups -OCH3 is 1. The SMILES string of the molecule is COC(=O)CCNC(=O)c1ccccc1NC(=O)CN. The molecule has 1 rings (SSSR count). The number of nitrogens with one attached hydrogen (secondary N) is 2. The van der Waals surface area contributed by atoms with E-state index in [1.807, 2.05) is 0 Å². The van der Waals surface area contributed by atoms with Gasteiger partial charge in [-0.15, -0.1) is 0 Å². The first-order valence-corrected chi connectivity index (χ1v) is 6.02. The summed E-state index contributed by atoms with van der Waals surface area (Å²) in [5.41, 5.74) is 5.89. The summed E-state index contributed by atoms with van der Waals surface area (Å²) in [5, 5.41) is 5.11. The number of hydrogen-bond donors (Lipinski definition) is 3. The van der Waals surface area contributed by atoms with Gasteiger partial charge in [-0.2, -0.15) is 0 Å². The minimum Gasteiger partial charge on any atom is -0.469 e. The summed E-state index contributed by atoms with van der Waals surface area (Å²) < 4.78 is 4.47. The Morgan fingerprint density at radius 2 is 1.95 bits per heavy atom. The van der Waals surface area contributed by atoms with Gasteiger partial charge in [0, 0.05) is 6.54 Å². The van der Waals surface area contributed by atoms with Crippen LogP contribution in [0, 0.1) is 0 Å². The zero-order chi connectivity index (χ0) is 15.0. The predicted octanol–water partition coefficient (Wildman–Crippen LogP) is -0.123. The molecule has 7 nitrogen and oxygen atoms in total. The van der Waals surface area contributed by atoms with E-state index in [4.69, 9.17) is 5.73 Å². The van der Waals surface area contributed by atoms with Gasteiger partial charge in [0.15, 0.2) is 0 Å². The van der Waals surface area contributed by atoms with E-state index in [1.54, 1.807) is 24.3 Å². The molecule has 0 saturated carbocycles. The Balaban J connectivity index is 2.67. The molecule has 0 spiro atoms. The monoisotopic (exact) mass is 279 g/mol. The summed E-state index contributed by atoms with van der Waals surface area (Å²) in [4.78, 5) is 34.2. The number of benzene rings is 1. The van der Waals surface area contributed by atoms with Crippen molar-refractivity contribution in [3.8, 4) is 0 Å². The third-order valence-corrected chi connectivity index (χ3v) is 2.47. The van der Waals surface area contributed by atoms with Crippen LogP contribution in [0.15, 0.2) is 24.3 Å². The normalized spacial score (nSPS) is 9.70. The van der Waals surface area contributed by atoms with Crippen LogP contribution in [0.2, 0.25) is 0 Å². The van der Waals surface area contributed by atoms with Gasteiger partial charge >= 0.3 is 5.97 Å². The maximum absolute atomic E-state index is 12.0. The van der Waals surface area contributed by atoms with Crippen LogP contribution in [0.1, 0.15) is 16.8 Å². The number of rotatable bonds is 6. The van der Waals surface area contributed by atoms with Crippen LogP contribution < -0.4 is 16.4 Å². The highest BCUT2D eigenvalue weighted by molar-refractivity contribution is 6.04. The largest absolute Gasteiger partial charge is 0.469 e. The van der Waals surface area contributed by atoms with Gasteiger partial charge in [0.2, 0.25) is 5.91 Å². The third kappa shape index (κ3) is 4.69. The number of nitrogens with two attached hydrogens (primary N) is 1. The van der Waals surface area contributed by atoms with Gasteiger partial charge in [-0.25, -0.2) is 0 Å². The van der Waals surface area contributed by atoms with E-state index in [0.29, 0.717) is 11.3 Å². The van der Waals surface area contributed by atoms with E-state index in [9.17, 15) is 14.4 Å². The fourth-order valence-electron chi connectivity index (χ4n) is 1.47. The highest BCUT2D eigenvalue weighted by Gasteiger charge is 2.12. The fraction of sp³-hybridized carbons (Fsp3) is 0.308. The minimum absolute atomic E-state index is 0.0829. The van der Waals surface area contributed by atoms with E-state index in [-0.39, 0.29) is 31.3 Å². The highest BCUT2D eigenvalue weighted by Crippen LogP contribution is 2.14. The van der Waals surface area contributed by atoms with Crippen LogP contribution >= 0.6 is 0 Å². The van der Waals surface area contributed by atoms with Crippen molar-refractivity contribution in [3.63, 3.8) is 0 Å². The zero-order valence-electron chi connectivity index (χ0n) is 11.1. The number of ether oxygens (including phenoxy) is 1. The Hall–Kier alpha value is -2.41. The topological polar surface area (TPSA) is 111 Å². The second-order valence-corrected chi connectivity index (χ2v) is 3.88. The molecule has 0 aliphatic carbocycles. The van der Waals surface area contributed by atoms with Crippen molar-refractivity contribution in [2.75, 3.05) is 25.5 Å². The second kappa shape index (κ2) is 7.90. The lowest BCUT2D eigenvalue weighted by Crippen LogP contribution is -2.28. The van der Waals surface area contributed by atoms with Gasteiger partial charge in [-0.3, -0.25) is 14.4 Å². The van der Waals surface area contributed by atoms with Gasteiger partial charge in [-0.05, 0) is 12.1 Å². The van der Waals surface area contributed by atoms with E-state index in [1.165, 1.54) is 7.11 Å². The molecule has 0 unspecified atom stereocenters. The molecule has 0 bridgehead atoms. The summed E-state index contributed by atoms with van der Waals surface area (Å²) >= 11 is 0. The molecule has 0 fully saturated rings. The Kier molecular flexibility index (Phi) is 6.18. The van der Waals surface area contributed by atoms with Crippen LogP contribution in [0.25, 0.3) is 0 Å². The molecule has 1 aromatic carbocycles. The van der Waals surface area contributed by atoms with Crippen LogP contribution in [0.3, 0.4) is 0 Å². The summed E-state index contributed by atoms with van der Waals surface area (Å²) in [6.45, 7) is -0.0109. The van der Waals surface area contributed by atoms with Gasteiger partial charge < -0.3 is 21.1 Å². The molecular formula is C13H17N3O4. The first kappa shape index (κ1) is 15.6. The Morgan fingerprint density at radius 1 is 1.25 bits per heavy atom. The highest BCUT2D eigenvalue weighted by atomic mass is 16.5. The molecule has 0 heterocycles. The van der Waals surface area contributed by atoms with Gasteiger partial charge in [0.05, 0.1) is 31.3 Å². The van der Waals surface area contributed by atoms with E-state index < -0.39 is 5.97 Å². The summed E-state index contributed by atoms with van der Waals surface area (Å²) in [7, 11) is 1.28. The van der Waals surface area contributed by atoms with Crippen molar-refractivity contribution < 1.29 is 19.1 Å². The van der Waals surface area contributed by atoms with Crippen molar-refractivity contribution in [1.82, 2.24) is 5.32 Å². The third-order valence-electron chi connectivity index (χ3n) is 2.47. The lowest BCUT2D eigenvalue weighted by molar-refractivity contribution is -0.140. The minimum atomic E-state index is -0.407. The number of esters is 1. The molecule has 1 aromatic rings. The smallest absolute Gasteiger partial charge is 0.307 e. The summed E-state index contributed by atoms with van der Waals surface area (Å²) in [6, 6.07) is 6.53. The molecule has 0 aromatic heterocycles. The quantitative estimate of drug-likeness (QED) is 0.629. The van der Waals surface area contributed by atoms with Gasteiger partial charge in [0.25, 0.3) is 5.91 Å². The number of para-hydroxylation sites is 1. The van der Waals surface area contributed by atoms with Gasteiger partial charge in [0.1, 0.15) is 0 Å². The molecule has 7 heteroatoms. The predicted molar refractivity (Wildman–Crippen MR) is 73.1 cm³/mol. The first-order chi connectivity index (χ1) is 9.58. The maximum atomic E-state index is 12.0. The van der Waals surface area contributed by atoms with E-state index in [2.05, 4.69) is 15.4 Å². The van der Waals surface area contributed by atoms with E-state index in [0.717, 1.165) is 0 Å². The molecule has 0 aliphatic heterocycles. The Morgan fingerprint density at radius 3 is 2.60 bits per heavy atom. The number of amides is 2. The van der Waals surface area contributed by atoms with Crippen LogP contribution in [0.4, 0.5) is 5.69 Å². The molecule has 0 saturated heterocycles. The molecule has 20 heavy (non-hydrogen) atoms. The summed E-state index contributed by atoms with van der Waals surface area (Å²) in [5.74, 6) is -1.18. The van der Waals surface area contributed by atoms with Crippen molar-refractivity contribution in [3.05, 3.63) is 29.8 Å². The first-order valence-electron chi connectivity index (χ1n) is 6.02. The average Bonchev–Trinajstić information content (AvgIpc) is 2.47. The summed E-state index contributed by atoms with van der Waals surface area (Å²) in [6.07, 6.45) is 0.0829. The van der Waals surface area contributed by atoms with Crippen LogP contribution in [-0.2, 0) is 14.3 Å². The molecule has 2 amide bonds.